The number of likely N-dealkylation sites (tertiary alicyclic amines) is 1. The van der Waals surface area contributed by atoms with Crippen molar-refractivity contribution in [2.75, 3.05) is 25.4 Å². The minimum Gasteiger partial charge on any atom is -0.302 e. The molecule has 1 unspecified atom stereocenters. The van der Waals surface area contributed by atoms with Crippen LogP contribution in [-0.4, -0.2) is 30.3 Å². The van der Waals surface area contributed by atoms with Crippen molar-refractivity contribution in [3.8, 4) is 0 Å². The fourth-order valence-electron chi connectivity index (χ4n) is 2.05. The summed E-state index contributed by atoms with van der Waals surface area (Å²) >= 11 is 4.39. The SMILES string of the molecule is CCC1CCN(CC(C)(C)CS)C1. The largest absolute Gasteiger partial charge is 0.302 e. The van der Waals surface area contributed by atoms with Crippen molar-refractivity contribution in [2.24, 2.45) is 11.3 Å². The number of hydrogen-bond acceptors (Lipinski definition) is 2. The Kier molecular flexibility index (Phi) is 4.11. The van der Waals surface area contributed by atoms with E-state index in [4.69, 9.17) is 0 Å². The third kappa shape index (κ3) is 3.51. The molecule has 1 rings (SSSR count). The lowest BCUT2D eigenvalue weighted by atomic mass is 9.96. The van der Waals surface area contributed by atoms with Crippen LogP contribution in [0.2, 0.25) is 0 Å². The second-order valence-corrected chi connectivity index (χ2v) is 5.44. The molecule has 0 spiro atoms. The van der Waals surface area contributed by atoms with Crippen molar-refractivity contribution in [2.45, 2.75) is 33.6 Å². The molecular weight excluding hydrogens is 178 g/mol. The van der Waals surface area contributed by atoms with Crippen molar-refractivity contribution in [3.05, 3.63) is 0 Å². The lowest BCUT2D eigenvalue weighted by molar-refractivity contribution is 0.224. The zero-order valence-electron chi connectivity index (χ0n) is 9.21. The highest BCUT2D eigenvalue weighted by atomic mass is 32.1. The maximum absolute atomic E-state index is 4.39. The number of rotatable bonds is 4. The van der Waals surface area contributed by atoms with Crippen LogP contribution >= 0.6 is 12.6 Å². The van der Waals surface area contributed by atoms with E-state index in [1.165, 1.54) is 32.5 Å². The number of hydrogen-bond donors (Lipinski definition) is 1. The van der Waals surface area contributed by atoms with E-state index < -0.39 is 0 Å². The van der Waals surface area contributed by atoms with E-state index in [2.05, 4.69) is 38.3 Å². The number of thiol groups is 1. The third-order valence-corrected chi connectivity index (χ3v) is 3.88. The van der Waals surface area contributed by atoms with E-state index in [9.17, 15) is 0 Å². The number of nitrogens with zero attached hydrogens (tertiary/aromatic N) is 1. The Morgan fingerprint density at radius 2 is 2.15 bits per heavy atom. The standard InChI is InChI=1S/C11H23NS/c1-4-10-5-6-12(7-10)8-11(2,3)9-13/h10,13H,4-9H2,1-3H3. The van der Waals surface area contributed by atoms with Gasteiger partial charge in [0.05, 0.1) is 0 Å². The predicted octanol–water partition coefficient (Wildman–Crippen LogP) is 2.67. The molecular formula is C11H23NS. The van der Waals surface area contributed by atoms with E-state index in [1.54, 1.807) is 0 Å². The predicted molar refractivity (Wildman–Crippen MR) is 62.5 cm³/mol. The maximum Gasteiger partial charge on any atom is 0.00406 e. The first kappa shape index (κ1) is 11.4. The average molecular weight is 201 g/mol. The van der Waals surface area contributed by atoms with E-state index in [0.717, 1.165) is 11.7 Å². The fourth-order valence-corrected chi connectivity index (χ4v) is 2.15. The van der Waals surface area contributed by atoms with Gasteiger partial charge in [-0.05, 0) is 30.1 Å². The molecule has 0 radical (unpaired) electrons. The Hall–Kier alpha value is 0.310. The minimum absolute atomic E-state index is 0.381. The molecule has 0 aromatic rings. The van der Waals surface area contributed by atoms with Gasteiger partial charge in [0, 0.05) is 13.1 Å². The Labute approximate surface area is 88.3 Å². The minimum atomic E-state index is 0.381. The molecule has 0 amide bonds. The smallest absolute Gasteiger partial charge is 0.00406 e. The highest BCUT2D eigenvalue weighted by Crippen LogP contribution is 2.24. The van der Waals surface area contributed by atoms with Crippen molar-refractivity contribution in [1.29, 1.82) is 0 Å². The summed E-state index contributed by atoms with van der Waals surface area (Å²) < 4.78 is 0. The molecule has 1 saturated heterocycles. The van der Waals surface area contributed by atoms with Crippen molar-refractivity contribution < 1.29 is 0 Å². The molecule has 0 aromatic heterocycles. The lowest BCUT2D eigenvalue weighted by Crippen LogP contribution is -2.33. The van der Waals surface area contributed by atoms with Gasteiger partial charge in [0.25, 0.3) is 0 Å². The maximum atomic E-state index is 4.39. The van der Waals surface area contributed by atoms with Gasteiger partial charge in [-0.25, -0.2) is 0 Å². The fraction of sp³-hybridized carbons (Fsp3) is 1.00. The first-order valence-corrected chi connectivity index (χ1v) is 6.04. The Morgan fingerprint density at radius 3 is 2.62 bits per heavy atom. The van der Waals surface area contributed by atoms with Crippen molar-refractivity contribution in [1.82, 2.24) is 4.90 Å². The van der Waals surface area contributed by atoms with Gasteiger partial charge in [0.15, 0.2) is 0 Å². The second-order valence-electron chi connectivity index (χ2n) is 5.12. The molecule has 1 fully saturated rings. The lowest BCUT2D eigenvalue weighted by Gasteiger charge is -2.28. The highest BCUT2D eigenvalue weighted by molar-refractivity contribution is 7.80. The molecule has 1 nitrogen and oxygen atoms in total. The second kappa shape index (κ2) is 4.70. The Morgan fingerprint density at radius 1 is 1.46 bits per heavy atom. The molecule has 2 heteroatoms. The van der Waals surface area contributed by atoms with Crippen LogP contribution in [0, 0.1) is 11.3 Å². The van der Waals surface area contributed by atoms with E-state index in [-0.39, 0.29) is 0 Å². The highest BCUT2D eigenvalue weighted by Gasteiger charge is 2.26. The van der Waals surface area contributed by atoms with E-state index in [1.807, 2.05) is 0 Å². The van der Waals surface area contributed by atoms with Gasteiger partial charge in [0.1, 0.15) is 0 Å². The van der Waals surface area contributed by atoms with Gasteiger partial charge in [-0.15, -0.1) is 0 Å². The molecule has 1 aliphatic rings. The van der Waals surface area contributed by atoms with E-state index >= 15 is 0 Å². The zero-order valence-corrected chi connectivity index (χ0v) is 10.1. The van der Waals surface area contributed by atoms with Gasteiger partial charge >= 0.3 is 0 Å². The summed E-state index contributed by atoms with van der Waals surface area (Å²) in [4.78, 5) is 2.60. The van der Waals surface area contributed by atoms with Crippen LogP contribution in [0.3, 0.4) is 0 Å². The van der Waals surface area contributed by atoms with Gasteiger partial charge in [-0.1, -0.05) is 27.2 Å². The van der Waals surface area contributed by atoms with E-state index in [0.29, 0.717) is 5.41 Å². The van der Waals surface area contributed by atoms with Crippen molar-refractivity contribution >= 4 is 12.6 Å². The molecule has 0 bridgehead atoms. The van der Waals surface area contributed by atoms with Crippen LogP contribution < -0.4 is 0 Å². The normalized spacial score (nSPS) is 25.4. The molecule has 0 saturated carbocycles. The van der Waals surface area contributed by atoms with Crippen LogP contribution in [0.4, 0.5) is 0 Å². The molecule has 0 aromatic carbocycles. The molecule has 13 heavy (non-hydrogen) atoms. The summed E-state index contributed by atoms with van der Waals surface area (Å²) in [6.45, 7) is 10.7. The molecule has 1 atom stereocenters. The Balaban J connectivity index is 2.31. The zero-order chi connectivity index (χ0) is 9.90. The van der Waals surface area contributed by atoms with Crippen LogP contribution in [0.1, 0.15) is 33.6 Å². The molecule has 78 valence electrons. The first-order chi connectivity index (χ1) is 6.07. The summed E-state index contributed by atoms with van der Waals surface area (Å²) in [5.74, 6) is 1.94. The van der Waals surface area contributed by atoms with Crippen LogP contribution in [0.5, 0.6) is 0 Å². The molecule has 1 aliphatic heterocycles. The summed E-state index contributed by atoms with van der Waals surface area (Å²) in [5, 5.41) is 0. The van der Waals surface area contributed by atoms with Crippen LogP contribution in [0.25, 0.3) is 0 Å². The summed E-state index contributed by atoms with van der Waals surface area (Å²) in [6.07, 6.45) is 2.75. The Bertz CT molecular complexity index is 156. The molecule has 0 aliphatic carbocycles. The summed E-state index contributed by atoms with van der Waals surface area (Å²) in [6, 6.07) is 0. The first-order valence-electron chi connectivity index (χ1n) is 5.40. The van der Waals surface area contributed by atoms with Gasteiger partial charge in [0.2, 0.25) is 0 Å². The third-order valence-electron chi connectivity index (χ3n) is 3.03. The van der Waals surface area contributed by atoms with Gasteiger partial charge in [-0.2, -0.15) is 12.6 Å². The quantitative estimate of drug-likeness (QED) is 0.684. The molecule has 0 N–H and O–H groups in total. The topological polar surface area (TPSA) is 3.24 Å². The monoisotopic (exact) mass is 201 g/mol. The summed E-state index contributed by atoms with van der Waals surface area (Å²) in [7, 11) is 0. The van der Waals surface area contributed by atoms with Crippen LogP contribution in [-0.2, 0) is 0 Å². The average Bonchev–Trinajstić information content (AvgIpc) is 2.52. The van der Waals surface area contributed by atoms with Gasteiger partial charge in [-0.3, -0.25) is 0 Å². The van der Waals surface area contributed by atoms with Gasteiger partial charge < -0.3 is 4.90 Å². The van der Waals surface area contributed by atoms with Crippen LogP contribution in [0.15, 0.2) is 0 Å². The van der Waals surface area contributed by atoms with Crippen molar-refractivity contribution in [3.63, 3.8) is 0 Å². The summed E-state index contributed by atoms with van der Waals surface area (Å²) in [5.41, 5.74) is 0.381. The molecule has 1 heterocycles.